The summed E-state index contributed by atoms with van der Waals surface area (Å²) < 4.78 is 23.3. The third-order valence-electron chi connectivity index (χ3n) is 3.33. The summed E-state index contributed by atoms with van der Waals surface area (Å²) in [5.74, 6) is 0. The summed E-state index contributed by atoms with van der Waals surface area (Å²) in [4.78, 5) is 18.2. The van der Waals surface area contributed by atoms with Crippen molar-refractivity contribution in [1.29, 1.82) is 0 Å². The van der Waals surface area contributed by atoms with Crippen LogP contribution < -0.4 is 15.6 Å². The Balaban J connectivity index is 0.00000169. The highest BCUT2D eigenvalue weighted by Crippen LogP contribution is 2.29. The molecular weight excluding hydrogens is 423 g/mol. The molecular formula is C15H14Cl3N4O3S-. The Bertz CT molecular complexity index is 984. The van der Waals surface area contributed by atoms with Crippen LogP contribution in [0.2, 0.25) is 5.02 Å². The van der Waals surface area contributed by atoms with E-state index in [4.69, 9.17) is 11.6 Å². The molecule has 2 heterocycles. The highest BCUT2D eigenvalue weighted by Gasteiger charge is 2.06. The minimum Gasteiger partial charge on any atom is -0.760 e. The van der Waals surface area contributed by atoms with Crippen LogP contribution in [0.3, 0.4) is 0 Å². The van der Waals surface area contributed by atoms with E-state index in [1.165, 1.54) is 6.07 Å². The number of rotatable bonds is 5. The van der Waals surface area contributed by atoms with Crippen molar-refractivity contribution in [3.8, 4) is 0 Å². The van der Waals surface area contributed by atoms with E-state index in [0.717, 1.165) is 16.6 Å². The predicted octanol–water partition coefficient (Wildman–Crippen LogP) is 3.05. The van der Waals surface area contributed by atoms with Gasteiger partial charge in [-0.1, -0.05) is 17.7 Å². The van der Waals surface area contributed by atoms with Crippen LogP contribution in [0.1, 0.15) is 5.56 Å². The van der Waals surface area contributed by atoms with Crippen LogP contribution >= 0.6 is 36.4 Å². The van der Waals surface area contributed by atoms with Crippen molar-refractivity contribution in [3.63, 3.8) is 0 Å². The molecule has 7 nitrogen and oxygen atoms in total. The molecule has 140 valence electrons. The standard InChI is InChI=1S/C15H13ClN4O3S.2ClH/c16-11-7-9(8-18-24(22)23)1-3-13(11)19-12-5-6-17-15-10(12)2-4-14(21)20-15;;/h1-7,18H,8H2,(H,22,23)(H2,17,19,20,21);2*1H/p-1. The van der Waals surface area contributed by atoms with E-state index in [0.29, 0.717) is 16.4 Å². The third-order valence-corrected chi connectivity index (χ3v) is 4.02. The van der Waals surface area contributed by atoms with Crippen molar-refractivity contribution < 1.29 is 8.76 Å². The molecule has 1 atom stereocenters. The lowest BCUT2D eigenvalue weighted by molar-refractivity contribution is 0.522. The highest BCUT2D eigenvalue weighted by molar-refractivity contribution is 7.77. The molecule has 0 aliphatic carbocycles. The summed E-state index contributed by atoms with van der Waals surface area (Å²) in [6.45, 7) is 0.162. The Labute approximate surface area is 168 Å². The molecule has 2 aromatic heterocycles. The number of pyridine rings is 2. The summed E-state index contributed by atoms with van der Waals surface area (Å²) in [5.41, 5.74) is 2.38. The number of nitrogens with one attached hydrogen (secondary N) is 3. The van der Waals surface area contributed by atoms with Gasteiger partial charge >= 0.3 is 0 Å². The van der Waals surface area contributed by atoms with Crippen LogP contribution in [0.25, 0.3) is 11.0 Å². The predicted molar refractivity (Wildman–Crippen MR) is 107 cm³/mol. The van der Waals surface area contributed by atoms with Gasteiger partial charge in [-0.05, 0) is 29.8 Å². The largest absolute Gasteiger partial charge is 0.760 e. The number of halogens is 3. The Morgan fingerprint density at radius 3 is 2.62 bits per heavy atom. The zero-order chi connectivity index (χ0) is 17.1. The van der Waals surface area contributed by atoms with Gasteiger partial charge in [-0.25, -0.2) is 9.71 Å². The van der Waals surface area contributed by atoms with E-state index in [1.807, 2.05) is 0 Å². The van der Waals surface area contributed by atoms with Gasteiger partial charge in [0.2, 0.25) is 5.56 Å². The molecule has 3 aromatic rings. The minimum absolute atomic E-state index is 0. The van der Waals surface area contributed by atoms with Crippen LogP contribution in [0.4, 0.5) is 11.4 Å². The van der Waals surface area contributed by atoms with Gasteiger partial charge < -0.3 is 14.9 Å². The first kappa shape index (κ1) is 22.4. The van der Waals surface area contributed by atoms with Gasteiger partial charge in [0.05, 0.1) is 16.4 Å². The number of aromatic nitrogens is 2. The van der Waals surface area contributed by atoms with Gasteiger partial charge in [0, 0.05) is 35.5 Å². The van der Waals surface area contributed by atoms with E-state index in [1.54, 1.807) is 36.5 Å². The fourth-order valence-electron chi connectivity index (χ4n) is 2.23. The molecule has 3 N–H and O–H groups in total. The zero-order valence-electron chi connectivity index (χ0n) is 13.0. The summed E-state index contributed by atoms with van der Waals surface area (Å²) in [7, 11) is 0. The number of nitrogens with zero attached hydrogens (tertiary/aromatic N) is 1. The maximum Gasteiger partial charge on any atom is 0.249 e. The van der Waals surface area contributed by atoms with E-state index < -0.39 is 11.3 Å². The Kier molecular flexibility index (Phi) is 8.48. The van der Waals surface area contributed by atoms with Crippen molar-refractivity contribution in [3.05, 3.63) is 63.5 Å². The smallest absolute Gasteiger partial charge is 0.249 e. The number of hydrogen-bond acceptors (Lipinski definition) is 5. The van der Waals surface area contributed by atoms with Gasteiger partial charge in [-0.3, -0.25) is 9.00 Å². The van der Waals surface area contributed by atoms with E-state index in [-0.39, 0.29) is 36.9 Å². The summed E-state index contributed by atoms with van der Waals surface area (Å²) in [6, 6.07) is 10.1. The van der Waals surface area contributed by atoms with Crippen molar-refractivity contribution in [2.75, 3.05) is 5.32 Å². The number of hydrogen-bond donors (Lipinski definition) is 3. The molecule has 3 rings (SSSR count). The molecule has 0 aliphatic heterocycles. The minimum atomic E-state index is -2.32. The molecule has 0 radical (unpaired) electrons. The monoisotopic (exact) mass is 435 g/mol. The highest BCUT2D eigenvalue weighted by atomic mass is 35.5. The lowest BCUT2D eigenvalue weighted by atomic mass is 10.2. The lowest BCUT2D eigenvalue weighted by Gasteiger charge is -2.12. The topological polar surface area (TPSA) is 110 Å². The summed E-state index contributed by atoms with van der Waals surface area (Å²) >= 11 is 3.93. The summed E-state index contributed by atoms with van der Waals surface area (Å²) in [5, 5.41) is 4.39. The first-order valence-electron chi connectivity index (χ1n) is 6.89. The molecule has 11 heteroatoms. The Hall–Kier alpha value is -1.68. The number of aromatic amines is 1. The SMILES string of the molecule is Cl.Cl.O=c1ccc2c(Nc3ccc(CNS(=O)[O-])cc3Cl)ccnc2[nH]1. The van der Waals surface area contributed by atoms with Gasteiger partial charge in [0.25, 0.3) is 0 Å². The van der Waals surface area contributed by atoms with Gasteiger partial charge in [-0.15, -0.1) is 24.8 Å². The maximum atomic E-state index is 11.4. The molecule has 1 aromatic carbocycles. The Morgan fingerprint density at radius 2 is 1.92 bits per heavy atom. The van der Waals surface area contributed by atoms with Crippen molar-refractivity contribution in [1.82, 2.24) is 14.7 Å². The summed E-state index contributed by atoms with van der Waals surface area (Å²) in [6.07, 6.45) is 1.58. The molecule has 0 aliphatic rings. The van der Waals surface area contributed by atoms with E-state index >= 15 is 0 Å². The molecule has 0 spiro atoms. The van der Waals surface area contributed by atoms with Crippen LogP contribution in [0.5, 0.6) is 0 Å². The average molecular weight is 437 g/mol. The molecule has 0 fully saturated rings. The van der Waals surface area contributed by atoms with Crippen LogP contribution in [-0.4, -0.2) is 18.7 Å². The number of anilines is 2. The fourth-order valence-corrected chi connectivity index (χ4v) is 2.76. The van der Waals surface area contributed by atoms with Gasteiger partial charge in [0.15, 0.2) is 0 Å². The normalized spacial score (nSPS) is 11.3. The number of H-pyrrole nitrogens is 1. The third kappa shape index (κ3) is 5.41. The van der Waals surface area contributed by atoms with Crippen molar-refractivity contribution in [2.45, 2.75) is 6.54 Å². The zero-order valence-corrected chi connectivity index (χ0v) is 16.2. The second-order valence-corrected chi connectivity index (χ2v) is 6.10. The molecule has 0 amide bonds. The quantitative estimate of drug-likeness (QED) is 0.532. The molecule has 0 saturated carbocycles. The van der Waals surface area contributed by atoms with Crippen LogP contribution in [-0.2, 0) is 17.8 Å². The van der Waals surface area contributed by atoms with E-state index in [9.17, 15) is 13.6 Å². The van der Waals surface area contributed by atoms with Gasteiger partial charge in [0.1, 0.15) is 5.65 Å². The number of benzene rings is 1. The average Bonchev–Trinajstić information content (AvgIpc) is 2.55. The lowest BCUT2D eigenvalue weighted by Crippen LogP contribution is -2.15. The molecule has 0 saturated heterocycles. The molecule has 0 bridgehead atoms. The maximum absolute atomic E-state index is 11.4. The van der Waals surface area contributed by atoms with Crippen molar-refractivity contribution in [2.24, 2.45) is 0 Å². The molecule has 26 heavy (non-hydrogen) atoms. The Morgan fingerprint density at radius 1 is 1.15 bits per heavy atom. The van der Waals surface area contributed by atoms with Crippen LogP contribution in [0.15, 0.2) is 47.4 Å². The fraction of sp³-hybridized carbons (Fsp3) is 0.0667. The second-order valence-electron chi connectivity index (χ2n) is 4.94. The first-order chi connectivity index (χ1) is 11.5. The first-order valence-corrected chi connectivity index (χ1v) is 8.34. The molecule has 1 unspecified atom stereocenters. The van der Waals surface area contributed by atoms with Crippen LogP contribution in [0, 0.1) is 0 Å². The second kappa shape index (κ2) is 9.86. The van der Waals surface area contributed by atoms with Gasteiger partial charge in [-0.2, -0.15) is 0 Å². The van der Waals surface area contributed by atoms with E-state index in [2.05, 4.69) is 20.0 Å². The van der Waals surface area contributed by atoms with Crippen molar-refractivity contribution >= 4 is 70.1 Å². The number of fused-ring (bicyclic) bond motifs is 1.